The highest BCUT2D eigenvalue weighted by atomic mass is 19.1. The summed E-state index contributed by atoms with van der Waals surface area (Å²) in [6.07, 6.45) is 2.52. The Balaban J connectivity index is 2.26. The van der Waals surface area contributed by atoms with Crippen LogP contribution in [0, 0.1) is 5.82 Å². The average Bonchev–Trinajstić information content (AvgIpc) is 2.40. The SMILES string of the molecule is CNc1ncc(F)cc1C(=O)Nc1cccnn1. The van der Waals surface area contributed by atoms with Gasteiger partial charge in [-0.1, -0.05) is 0 Å². The van der Waals surface area contributed by atoms with Crippen molar-refractivity contribution in [3.63, 3.8) is 0 Å². The number of nitrogens with zero attached hydrogens (tertiary/aromatic N) is 3. The lowest BCUT2D eigenvalue weighted by Crippen LogP contribution is -2.16. The number of nitrogens with one attached hydrogen (secondary N) is 2. The molecule has 18 heavy (non-hydrogen) atoms. The number of halogens is 1. The van der Waals surface area contributed by atoms with E-state index in [9.17, 15) is 9.18 Å². The fourth-order valence-corrected chi connectivity index (χ4v) is 1.36. The zero-order valence-electron chi connectivity index (χ0n) is 9.51. The highest BCUT2D eigenvalue weighted by molar-refractivity contribution is 6.06. The Labute approximate surface area is 102 Å². The molecule has 0 aliphatic rings. The van der Waals surface area contributed by atoms with Gasteiger partial charge in [-0.2, -0.15) is 5.10 Å². The molecular weight excluding hydrogens is 237 g/mol. The molecule has 7 heteroatoms. The summed E-state index contributed by atoms with van der Waals surface area (Å²) in [5, 5.41) is 12.5. The smallest absolute Gasteiger partial charge is 0.260 e. The van der Waals surface area contributed by atoms with Crippen molar-refractivity contribution in [2.75, 3.05) is 17.7 Å². The van der Waals surface area contributed by atoms with Gasteiger partial charge in [-0.15, -0.1) is 5.10 Å². The van der Waals surface area contributed by atoms with E-state index in [-0.39, 0.29) is 17.2 Å². The Bertz CT molecular complexity index is 561. The lowest BCUT2D eigenvalue weighted by atomic mass is 10.2. The van der Waals surface area contributed by atoms with Crippen molar-refractivity contribution in [3.8, 4) is 0 Å². The molecule has 0 atom stereocenters. The van der Waals surface area contributed by atoms with Crippen LogP contribution in [0.25, 0.3) is 0 Å². The number of anilines is 2. The number of aromatic nitrogens is 3. The fraction of sp³-hybridized carbons (Fsp3) is 0.0909. The molecule has 6 nitrogen and oxygen atoms in total. The molecule has 0 radical (unpaired) electrons. The summed E-state index contributed by atoms with van der Waals surface area (Å²) >= 11 is 0. The van der Waals surface area contributed by atoms with E-state index < -0.39 is 11.7 Å². The Morgan fingerprint density at radius 3 is 2.94 bits per heavy atom. The van der Waals surface area contributed by atoms with E-state index in [1.807, 2.05) is 0 Å². The quantitative estimate of drug-likeness (QED) is 0.854. The van der Waals surface area contributed by atoms with Crippen LogP contribution in [0.2, 0.25) is 0 Å². The zero-order chi connectivity index (χ0) is 13.0. The predicted octanol–water partition coefficient (Wildman–Crippen LogP) is 1.30. The normalized spacial score (nSPS) is 9.89. The summed E-state index contributed by atoms with van der Waals surface area (Å²) in [7, 11) is 1.60. The van der Waals surface area contributed by atoms with E-state index in [1.54, 1.807) is 19.2 Å². The first kappa shape index (κ1) is 11.9. The topological polar surface area (TPSA) is 79.8 Å². The molecule has 0 aliphatic heterocycles. The van der Waals surface area contributed by atoms with E-state index in [0.717, 1.165) is 12.3 Å². The third-order valence-corrected chi connectivity index (χ3v) is 2.15. The molecule has 2 heterocycles. The highest BCUT2D eigenvalue weighted by Gasteiger charge is 2.13. The molecule has 0 fully saturated rings. The van der Waals surface area contributed by atoms with Gasteiger partial charge in [0, 0.05) is 13.2 Å². The molecule has 92 valence electrons. The minimum absolute atomic E-state index is 0.100. The van der Waals surface area contributed by atoms with Crippen LogP contribution < -0.4 is 10.6 Å². The third-order valence-electron chi connectivity index (χ3n) is 2.15. The number of pyridine rings is 1. The third kappa shape index (κ3) is 2.57. The molecular formula is C11H10FN5O. The van der Waals surface area contributed by atoms with Crippen LogP contribution in [0.5, 0.6) is 0 Å². The number of amides is 1. The van der Waals surface area contributed by atoms with Gasteiger partial charge in [-0.25, -0.2) is 9.37 Å². The van der Waals surface area contributed by atoms with E-state index >= 15 is 0 Å². The maximum absolute atomic E-state index is 13.1. The molecule has 0 saturated heterocycles. The van der Waals surface area contributed by atoms with Gasteiger partial charge in [-0.05, 0) is 18.2 Å². The Morgan fingerprint density at radius 2 is 2.28 bits per heavy atom. The monoisotopic (exact) mass is 247 g/mol. The van der Waals surface area contributed by atoms with Gasteiger partial charge in [0.2, 0.25) is 0 Å². The molecule has 0 spiro atoms. The Kier molecular flexibility index (Phi) is 3.42. The molecule has 2 rings (SSSR count). The second-order valence-corrected chi connectivity index (χ2v) is 3.36. The maximum atomic E-state index is 13.1. The first-order valence-electron chi connectivity index (χ1n) is 5.13. The largest absolute Gasteiger partial charge is 0.372 e. The highest BCUT2D eigenvalue weighted by Crippen LogP contribution is 2.14. The Hall–Kier alpha value is -2.57. The van der Waals surface area contributed by atoms with Crippen molar-refractivity contribution in [1.82, 2.24) is 15.2 Å². The summed E-state index contributed by atoms with van der Waals surface area (Å²) in [6, 6.07) is 4.31. The number of rotatable bonds is 3. The standard InChI is InChI=1S/C11H10FN5O/c1-13-10-8(5-7(12)6-14-10)11(18)16-9-3-2-4-15-17-9/h2-6H,1H3,(H,13,14)(H,16,17,18). The van der Waals surface area contributed by atoms with Crippen molar-refractivity contribution in [2.45, 2.75) is 0 Å². The molecule has 2 N–H and O–H groups in total. The van der Waals surface area contributed by atoms with Crippen molar-refractivity contribution >= 4 is 17.5 Å². The van der Waals surface area contributed by atoms with Crippen LogP contribution in [0.15, 0.2) is 30.6 Å². The molecule has 0 aliphatic carbocycles. The maximum Gasteiger partial charge on any atom is 0.260 e. The van der Waals surface area contributed by atoms with Gasteiger partial charge in [0.1, 0.15) is 11.6 Å². The summed E-state index contributed by atoms with van der Waals surface area (Å²) in [5.74, 6) is -0.517. The van der Waals surface area contributed by atoms with Crippen molar-refractivity contribution in [2.24, 2.45) is 0 Å². The lowest BCUT2D eigenvalue weighted by molar-refractivity contribution is 0.102. The van der Waals surface area contributed by atoms with E-state index in [2.05, 4.69) is 25.8 Å². The number of hydrogen-bond donors (Lipinski definition) is 2. The van der Waals surface area contributed by atoms with Crippen LogP contribution in [-0.2, 0) is 0 Å². The summed E-state index contributed by atoms with van der Waals surface area (Å²) in [4.78, 5) is 15.7. The fourth-order valence-electron chi connectivity index (χ4n) is 1.36. The first-order valence-corrected chi connectivity index (χ1v) is 5.13. The van der Waals surface area contributed by atoms with Gasteiger partial charge >= 0.3 is 0 Å². The first-order chi connectivity index (χ1) is 8.70. The number of carbonyl (C=O) groups excluding carboxylic acids is 1. The van der Waals surface area contributed by atoms with Crippen LogP contribution in [0.4, 0.5) is 16.0 Å². The molecule has 2 aromatic rings. The average molecular weight is 247 g/mol. The van der Waals surface area contributed by atoms with E-state index in [0.29, 0.717) is 0 Å². The molecule has 0 aromatic carbocycles. The molecule has 0 unspecified atom stereocenters. The van der Waals surface area contributed by atoms with E-state index in [4.69, 9.17) is 0 Å². The molecule has 0 bridgehead atoms. The van der Waals surface area contributed by atoms with Crippen molar-refractivity contribution in [3.05, 3.63) is 42.0 Å². The summed E-state index contributed by atoms with van der Waals surface area (Å²) < 4.78 is 13.1. The number of hydrogen-bond acceptors (Lipinski definition) is 5. The van der Waals surface area contributed by atoms with Gasteiger partial charge in [-0.3, -0.25) is 4.79 Å². The lowest BCUT2D eigenvalue weighted by Gasteiger charge is -2.07. The summed E-state index contributed by atoms with van der Waals surface area (Å²) in [5.41, 5.74) is 0.100. The van der Waals surface area contributed by atoms with Crippen molar-refractivity contribution < 1.29 is 9.18 Å². The van der Waals surface area contributed by atoms with Gasteiger partial charge in [0.05, 0.1) is 11.8 Å². The zero-order valence-corrected chi connectivity index (χ0v) is 9.51. The van der Waals surface area contributed by atoms with Crippen LogP contribution in [0.1, 0.15) is 10.4 Å². The molecule has 1 amide bonds. The van der Waals surface area contributed by atoms with Gasteiger partial charge in [0.15, 0.2) is 5.82 Å². The van der Waals surface area contributed by atoms with Gasteiger partial charge < -0.3 is 10.6 Å². The van der Waals surface area contributed by atoms with Gasteiger partial charge in [0.25, 0.3) is 5.91 Å². The number of carbonyl (C=O) groups is 1. The second kappa shape index (κ2) is 5.17. The van der Waals surface area contributed by atoms with Crippen LogP contribution in [0.3, 0.4) is 0 Å². The van der Waals surface area contributed by atoms with E-state index in [1.165, 1.54) is 6.20 Å². The minimum Gasteiger partial charge on any atom is -0.372 e. The second-order valence-electron chi connectivity index (χ2n) is 3.36. The minimum atomic E-state index is -0.585. The summed E-state index contributed by atoms with van der Waals surface area (Å²) in [6.45, 7) is 0. The Morgan fingerprint density at radius 1 is 1.44 bits per heavy atom. The predicted molar refractivity (Wildman–Crippen MR) is 63.7 cm³/mol. The molecule has 2 aromatic heterocycles. The van der Waals surface area contributed by atoms with Crippen molar-refractivity contribution in [1.29, 1.82) is 0 Å². The van der Waals surface area contributed by atoms with Crippen LogP contribution in [-0.4, -0.2) is 28.1 Å². The van der Waals surface area contributed by atoms with Crippen LogP contribution >= 0.6 is 0 Å². The molecule has 0 saturated carbocycles.